The number of rotatable bonds is 6. The normalized spacial score (nSPS) is 13.0. The molecule has 7 heteroatoms. The molecule has 2 aromatic rings. The van der Waals surface area contributed by atoms with Crippen LogP contribution in [0.15, 0.2) is 53.6 Å². The molecule has 0 unspecified atom stereocenters. The lowest BCUT2D eigenvalue weighted by Gasteiger charge is -2.21. The molecule has 0 heterocycles. The first-order valence-electron chi connectivity index (χ1n) is 6.78. The van der Waals surface area contributed by atoms with Crippen LogP contribution in [0.3, 0.4) is 0 Å². The highest BCUT2D eigenvalue weighted by Gasteiger charge is 2.28. The molecule has 0 aliphatic rings. The Hall–Kier alpha value is -2.56. The second-order valence-corrected chi connectivity index (χ2v) is 5.41. The van der Waals surface area contributed by atoms with E-state index in [4.69, 9.17) is 17.1 Å². The molecule has 0 fully saturated rings. The van der Waals surface area contributed by atoms with Gasteiger partial charge in [0.1, 0.15) is 11.9 Å². The summed E-state index contributed by atoms with van der Waals surface area (Å²) in [7, 11) is 0. The van der Waals surface area contributed by atoms with E-state index < -0.39 is 17.9 Å². The summed E-state index contributed by atoms with van der Waals surface area (Å²) in [5, 5.41) is 13.3. The minimum absolute atomic E-state index is 0.290. The quantitative estimate of drug-likeness (QED) is 0.477. The number of azide groups is 1. The number of carbonyl (C=O) groups is 1. The van der Waals surface area contributed by atoms with Crippen LogP contribution in [0, 0.1) is 5.82 Å². The molecule has 23 heavy (non-hydrogen) atoms. The van der Waals surface area contributed by atoms with E-state index in [0.29, 0.717) is 10.6 Å². The van der Waals surface area contributed by atoms with Gasteiger partial charge in [-0.2, -0.15) is 0 Å². The van der Waals surface area contributed by atoms with Crippen LogP contribution in [0.5, 0.6) is 0 Å². The zero-order chi connectivity index (χ0) is 16.8. The van der Waals surface area contributed by atoms with Crippen molar-refractivity contribution in [2.45, 2.75) is 18.4 Å². The van der Waals surface area contributed by atoms with Crippen LogP contribution in [0.25, 0.3) is 10.4 Å². The highest BCUT2D eigenvalue weighted by molar-refractivity contribution is 6.30. The Morgan fingerprint density at radius 1 is 1.22 bits per heavy atom. The van der Waals surface area contributed by atoms with Gasteiger partial charge in [0.2, 0.25) is 0 Å². The summed E-state index contributed by atoms with van der Waals surface area (Å²) in [6, 6.07) is 11.2. The first-order chi connectivity index (χ1) is 11.0. The predicted molar refractivity (Wildman–Crippen MR) is 84.9 cm³/mol. The molecule has 5 nitrogen and oxygen atoms in total. The number of nitrogens with zero attached hydrogens (tertiary/aromatic N) is 3. The molecule has 2 rings (SSSR count). The number of halogens is 2. The Morgan fingerprint density at radius 2 is 1.83 bits per heavy atom. The molecule has 1 N–H and O–H groups in total. The molecule has 118 valence electrons. The van der Waals surface area contributed by atoms with Gasteiger partial charge in [-0.15, -0.1) is 0 Å². The van der Waals surface area contributed by atoms with Crippen molar-refractivity contribution < 1.29 is 14.3 Å². The summed E-state index contributed by atoms with van der Waals surface area (Å²) >= 11 is 5.86. The first kappa shape index (κ1) is 16.8. The van der Waals surface area contributed by atoms with Crippen molar-refractivity contribution in [1.82, 2.24) is 0 Å². The highest BCUT2D eigenvalue weighted by atomic mass is 35.5. The minimum atomic E-state index is -1.27. The van der Waals surface area contributed by atoms with E-state index in [2.05, 4.69) is 10.0 Å². The molecule has 2 atom stereocenters. The fourth-order valence-corrected chi connectivity index (χ4v) is 2.48. The molecule has 0 aliphatic heterocycles. The van der Waals surface area contributed by atoms with E-state index in [1.807, 2.05) is 0 Å². The maximum atomic E-state index is 13.0. The van der Waals surface area contributed by atoms with E-state index in [-0.39, 0.29) is 12.2 Å². The van der Waals surface area contributed by atoms with Gasteiger partial charge in [0.15, 0.2) is 0 Å². The van der Waals surface area contributed by atoms with E-state index in [0.717, 1.165) is 5.56 Å². The van der Waals surface area contributed by atoms with Crippen LogP contribution in [0.1, 0.15) is 17.0 Å². The number of carboxylic acids is 1. The lowest BCUT2D eigenvalue weighted by atomic mass is 9.86. The molecule has 0 saturated heterocycles. The second-order valence-electron chi connectivity index (χ2n) is 4.98. The topological polar surface area (TPSA) is 86.1 Å². The first-order valence-corrected chi connectivity index (χ1v) is 7.16. The van der Waals surface area contributed by atoms with E-state index in [1.54, 1.807) is 36.4 Å². The summed E-state index contributed by atoms with van der Waals surface area (Å²) in [4.78, 5) is 14.1. The zero-order valence-electron chi connectivity index (χ0n) is 11.9. The van der Waals surface area contributed by atoms with Crippen LogP contribution in [-0.2, 0) is 11.2 Å². The van der Waals surface area contributed by atoms with Gasteiger partial charge in [-0.25, -0.2) is 4.39 Å². The minimum Gasteiger partial charge on any atom is -0.481 e. The highest BCUT2D eigenvalue weighted by Crippen LogP contribution is 2.28. The fraction of sp³-hybridized carbons (Fsp3) is 0.188. The second kappa shape index (κ2) is 7.63. The summed E-state index contributed by atoms with van der Waals surface area (Å²) in [5.41, 5.74) is 10.1. The van der Waals surface area contributed by atoms with Crippen LogP contribution in [0.2, 0.25) is 5.02 Å². The number of benzene rings is 2. The Kier molecular flexibility index (Phi) is 5.57. The molecular formula is C16H13ClFN3O2. The van der Waals surface area contributed by atoms with Crippen LogP contribution in [-0.4, -0.2) is 17.1 Å². The molecule has 0 radical (unpaired) electrons. The molecule has 0 spiro atoms. The molecule has 0 aromatic heterocycles. The zero-order valence-corrected chi connectivity index (χ0v) is 12.7. The third kappa shape index (κ3) is 4.45. The summed E-state index contributed by atoms with van der Waals surface area (Å²) in [6.07, 6.45) is 0.290. The van der Waals surface area contributed by atoms with Crippen molar-refractivity contribution in [1.29, 1.82) is 0 Å². The maximum Gasteiger partial charge on any atom is 0.313 e. The van der Waals surface area contributed by atoms with Crippen molar-refractivity contribution in [3.05, 3.63) is 80.9 Å². The van der Waals surface area contributed by atoms with Gasteiger partial charge in [0, 0.05) is 15.9 Å². The number of hydrogen-bond donors (Lipinski definition) is 1. The number of carboxylic acid groups (broad SMARTS) is 1. The van der Waals surface area contributed by atoms with Crippen molar-refractivity contribution in [3.63, 3.8) is 0 Å². The van der Waals surface area contributed by atoms with Crippen molar-refractivity contribution in [2.75, 3.05) is 0 Å². The van der Waals surface area contributed by atoms with E-state index in [1.165, 1.54) is 12.1 Å². The third-order valence-corrected chi connectivity index (χ3v) is 3.73. The Morgan fingerprint density at radius 3 is 2.35 bits per heavy atom. The van der Waals surface area contributed by atoms with Gasteiger partial charge >= 0.3 is 5.97 Å². The summed E-state index contributed by atoms with van der Waals surface area (Å²) in [5.74, 6) is -2.18. The van der Waals surface area contributed by atoms with Gasteiger partial charge < -0.3 is 5.11 Å². The molecule has 0 saturated carbocycles. The fourth-order valence-electron chi connectivity index (χ4n) is 2.35. The summed E-state index contributed by atoms with van der Waals surface area (Å²) in [6.45, 7) is 0. The molecular weight excluding hydrogens is 321 g/mol. The van der Waals surface area contributed by atoms with Gasteiger partial charge in [-0.05, 0) is 47.3 Å². The van der Waals surface area contributed by atoms with Gasteiger partial charge in [0.05, 0.1) is 0 Å². The van der Waals surface area contributed by atoms with Crippen molar-refractivity contribution in [3.8, 4) is 0 Å². The van der Waals surface area contributed by atoms with Crippen LogP contribution >= 0.6 is 11.6 Å². The lowest BCUT2D eigenvalue weighted by Crippen LogP contribution is -2.27. The predicted octanol–water partition coefficient (Wildman–Crippen LogP) is 4.57. The molecule has 2 aromatic carbocycles. The molecule has 0 aliphatic carbocycles. The average Bonchev–Trinajstić information content (AvgIpc) is 2.53. The monoisotopic (exact) mass is 333 g/mol. The van der Waals surface area contributed by atoms with Gasteiger partial charge in [0.25, 0.3) is 0 Å². The van der Waals surface area contributed by atoms with Crippen molar-refractivity contribution in [2.24, 2.45) is 5.11 Å². The standard InChI is InChI=1S/C16H13ClFN3O2/c17-12-5-3-11(4-6-12)14(15(16(22)23)20-21-19)9-10-1-7-13(18)8-2-10/h1-8,14-15H,9H2,(H,22,23)/t14-,15-/m0/s1. The Labute approximate surface area is 137 Å². The molecule has 0 bridgehead atoms. The van der Waals surface area contributed by atoms with E-state index in [9.17, 15) is 14.3 Å². The van der Waals surface area contributed by atoms with Gasteiger partial charge in [-0.3, -0.25) is 4.79 Å². The third-order valence-electron chi connectivity index (χ3n) is 3.48. The Balaban J connectivity index is 2.40. The van der Waals surface area contributed by atoms with Gasteiger partial charge in [-0.1, -0.05) is 41.0 Å². The lowest BCUT2D eigenvalue weighted by molar-refractivity contribution is -0.139. The molecule has 0 amide bonds. The largest absolute Gasteiger partial charge is 0.481 e. The smallest absolute Gasteiger partial charge is 0.313 e. The Bertz CT molecular complexity index is 726. The van der Waals surface area contributed by atoms with Crippen molar-refractivity contribution >= 4 is 17.6 Å². The number of aliphatic carboxylic acids is 1. The SMILES string of the molecule is [N-]=[N+]=N[C@H](C(=O)O)[C@@H](Cc1ccc(F)cc1)c1ccc(Cl)cc1. The van der Waals surface area contributed by atoms with Crippen LogP contribution in [0.4, 0.5) is 4.39 Å². The summed E-state index contributed by atoms with van der Waals surface area (Å²) < 4.78 is 13.0. The maximum absolute atomic E-state index is 13.0. The van der Waals surface area contributed by atoms with Crippen LogP contribution < -0.4 is 0 Å². The average molecular weight is 334 g/mol. The van der Waals surface area contributed by atoms with E-state index >= 15 is 0 Å². The number of hydrogen-bond acceptors (Lipinski definition) is 2.